The first kappa shape index (κ1) is 24.2. The Balaban J connectivity index is 1.67. The molecule has 1 N–H and O–H groups in total. The van der Waals surface area contributed by atoms with E-state index < -0.39 is 42.0 Å². The number of benzene rings is 2. The number of nitrogens with one attached hydrogen (secondary N) is 1. The molecule has 0 aromatic heterocycles. The van der Waals surface area contributed by atoms with E-state index in [2.05, 4.69) is 5.32 Å². The lowest BCUT2D eigenvalue weighted by Crippen LogP contribution is -2.37. The summed E-state index contributed by atoms with van der Waals surface area (Å²) in [5.74, 6) is -2.86. The maximum atomic E-state index is 12.8. The molecule has 7 nitrogen and oxygen atoms in total. The molecular formula is C22H18ClF3N2O5. The number of nitrogens with zero attached hydrogens (tertiary/aromatic N) is 1. The number of hydrogen-bond acceptors (Lipinski definition) is 5. The van der Waals surface area contributed by atoms with Gasteiger partial charge in [0.2, 0.25) is 0 Å². The molecule has 2 aromatic carbocycles. The Hall–Kier alpha value is -3.40. The quantitative estimate of drug-likeness (QED) is 0.481. The molecule has 3 amide bonds. The molecule has 1 aliphatic rings. The summed E-state index contributed by atoms with van der Waals surface area (Å²) in [6.45, 7) is 2.75. The van der Waals surface area contributed by atoms with Gasteiger partial charge in [0.1, 0.15) is 0 Å². The number of halogens is 4. The van der Waals surface area contributed by atoms with Crippen LogP contribution in [0.1, 0.15) is 56.9 Å². The minimum Gasteiger partial charge on any atom is -0.452 e. The number of anilines is 1. The van der Waals surface area contributed by atoms with Crippen molar-refractivity contribution in [1.29, 1.82) is 0 Å². The van der Waals surface area contributed by atoms with Crippen molar-refractivity contribution in [3.05, 3.63) is 63.7 Å². The first-order valence-corrected chi connectivity index (χ1v) is 10.2. The highest BCUT2D eigenvalue weighted by Crippen LogP contribution is 2.34. The maximum Gasteiger partial charge on any atom is 0.416 e. The Kier molecular flexibility index (Phi) is 6.78. The van der Waals surface area contributed by atoms with Gasteiger partial charge in [-0.2, -0.15) is 13.2 Å². The van der Waals surface area contributed by atoms with Gasteiger partial charge >= 0.3 is 12.1 Å². The number of alkyl halides is 3. The molecular weight excluding hydrogens is 465 g/mol. The molecule has 3 rings (SSSR count). The number of fused-ring (bicyclic) bond motifs is 1. The largest absolute Gasteiger partial charge is 0.452 e. The Labute approximate surface area is 191 Å². The zero-order valence-electron chi connectivity index (χ0n) is 17.5. The lowest BCUT2D eigenvalue weighted by atomic mass is 10.1. The van der Waals surface area contributed by atoms with Crippen molar-refractivity contribution in [3.63, 3.8) is 0 Å². The van der Waals surface area contributed by atoms with Crippen LogP contribution in [0.4, 0.5) is 18.9 Å². The number of hydrogen-bond donors (Lipinski definition) is 1. The number of amides is 3. The van der Waals surface area contributed by atoms with E-state index in [9.17, 15) is 32.3 Å². The van der Waals surface area contributed by atoms with E-state index in [4.69, 9.17) is 16.3 Å². The van der Waals surface area contributed by atoms with Gasteiger partial charge in [-0.25, -0.2) is 4.79 Å². The van der Waals surface area contributed by atoms with Crippen LogP contribution >= 0.6 is 11.6 Å². The molecule has 1 unspecified atom stereocenters. The van der Waals surface area contributed by atoms with E-state index in [1.807, 2.05) is 6.92 Å². The summed E-state index contributed by atoms with van der Waals surface area (Å²) in [7, 11) is 0. The van der Waals surface area contributed by atoms with Gasteiger partial charge in [-0.3, -0.25) is 19.3 Å². The SMILES string of the molecule is CCC(C)N1C(=O)c2ccc(C(=O)OCC(=O)Nc3cc(C(F)(F)F)ccc3Cl)cc2C1=O. The van der Waals surface area contributed by atoms with Gasteiger partial charge in [-0.15, -0.1) is 0 Å². The maximum absolute atomic E-state index is 12.8. The summed E-state index contributed by atoms with van der Waals surface area (Å²) >= 11 is 5.82. The van der Waals surface area contributed by atoms with Crippen LogP contribution in [0.2, 0.25) is 5.02 Å². The molecule has 1 heterocycles. The molecule has 0 spiro atoms. The van der Waals surface area contributed by atoms with Crippen LogP contribution in [0.3, 0.4) is 0 Å². The third-order valence-electron chi connectivity index (χ3n) is 5.09. The summed E-state index contributed by atoms with van der Waals surface area (Å²) in [5, 5.41) is 2.03. The average Bonchev–Trinajstić information content (AvgIpc) is 3.01. The molecule has 0 saturated carbocycles. The van der Waals surface area contributed by atoms with Crippen LogP contribution in [-0.2, 0) is 15.7 Å². The highest BCUT2D eigenvalue weighted by Gasteiger charge is 2.38. The monoisotopic (exact) mass is 482 g/mol. The third-order valence-corrected chi connectivity index (χ3v) is 5.42. The highest BCUT2D eigenvalue weighted by atomic mass is 35.5. The summed E-state index contributed by atoms with van der Waals surface area (Å²) in [6.07, 6.45) is -4.07. The van der Waals surface area contributed by atoms with Crippen LogP contribution in [0.25, 0.3) is 0 Å². The normalized spacial score (nSPS) is 14.2. The van der Waals surface area contributed by atoms with E-state index in [0.29, 0.717) is 12.5 Å². The van der Waals surface area contributed by atoms with Crippen molar-refractivity contribution < 1.29 is 37.1 Å². The second-order valence-corrected chi connectivity index (χ2v) is 7.72. The minimum atomic E-state index is -4.63. The molecule has 0 radical (unpaired) electrons. The molecule has 0 saturated heterocycles. The van der Waals surface area contributed by atoms with E-state index in [-0.39, 0.29) is 33.4 Å². The van der Waals surface area contributed by atoms with Crippen LogP contribution in [-0.4, -0.2) is 41.2 Å². The van der Waals surface area contributed by atoms with Crippen LogP contribution in [0.5, 0.6) is 0 Å². The number of carbonyl (C=O) groups is 4. The zero-order valence-corrected chi connectivity index (χ0v) is 18.2. The van der Waals surface area contributed by atoms with Crippen molar-refractivity contribution in [2.24, 2.45) is 0 Å². The zero-order chi connectivity index (χ0) is 24.5. The number of ether oxygens (including phenoxy) is 1. The van der Waals surface area contributed by atoms with Gasteiger partial charge in [-0.05, 0) is 49.7 Å². The Bertz CT molecular complexity index is 1150. The van der Waals surface area contributed by atoms with Crippen LogP contribution < -0.4 is 5.32 Å². The van der Waals surface area contributed by atoms with Crippen molar-refractivity contribution in [3.8, 4) is 0 Å². The first-order chi connectivity index (χ1) is 15.4. The smallest absolute Gasteiger partial charge is 0.416 e. The van der Waals surface area contributed by atoms with E-state index in [0.717, 1.165) is 17.0 Å². The molecule has 174 valence electrons. The van der Waals surface area contributed by atoms with Crippen molar-refractivity contribution in [2.45, 2.75) is 32.5 Å². The van der Waals surface area contributed by atoms with Gasteiger partial charge in [0, 0.05) is 6.04 Å². The number of esters is 1. The fourth-order valence-corrected chi connectivity index (χ4v) is 3.33. The molecule has 33 heavy (non-hydrogen) atoms. The van der Waals surface area contributed by atoms with E-state index in [1.165, 1.54) is 18.2 Å². The Morgan fingerprint density at radius 1 is 1.09 bits per heavy atom. The van der Waals surface area contributed by atoms with Gasteiger partial charge in [-0.1, -0.05) is 18.5 Å². The van der Waals surface area contributed by atoms with Crippen LogP contribution in [0, 0.1) is 0 Å². The Morgan fingerprint density at radius 3 is 2.39 bits per heavy atom. The molecule has 0 fully saturated rings. The summed E-state index contributed by atoms with van der Waals surface area (Å²) < 4.78 is 43.4. The summed E-state index contributed by atoms with van der Waals surface area (Å²) in [4.78, 5) is 50.5. The highest BCUT2D eigenvalue weighted by molar-refractivity contribution is 6.33. The standard InChI is InChI=1S/C22H18ClF3N2O5/c1-3-11(2)28-19(30)14-6-4-12(8-15(14)20(28)31)21(32)33-10-18(29)27-17-9-13(22(24,25)26)5-7-16(17)23/h4-9,11H,3,10H2,1-2H3,(H,27,29). The molecule has 1 atom stereocenters. The molecule has 2 aromatic rings. The fraction of sp³-hybridized carbons (Fsp3) is 0.273. The van der Waals surface area contributed by atoms with E-state index in [1.54, 1.807) is 6.92 Å². The summed E-state index contributed by atoms with van der Waals surface area (Å²) in [6, 6.07) is 5.91. The van der Waals surface area contributed by atoms with E-state index >= 15 is 0 Å². The molecule has 1 aliphatic heterocycles. The average molecular weight is 483 g/mol. The number of imide groups is 1. The second-order valence-electron chi connectivity index (χ2n) is 7.31. The predicted molar refractivity (Wildman–Crippen MR) is 112 cm³/mol. The topological polar surface area (TPSA) is 92.8 Å². The van der Waals surface area contributed by atoms with Crippen LogP contribution in [0.15, 0.2) is 36.4 Å². The van der Waals surface area contributed by atoms with Gasteiger partial charge < -0.3 is 10.1 Å². The minimum absolute atomic E-state index is 0.0509. The molecule has 0 bridgehead atoms. The van der Waals surface area contributed by atoms with Gasteiger partial charge in [0.25, 0.3) is 17.7 Å². The van der Waals surface area contributed by atoms with Crippen molar-refractivity contribution in [1.82, 2.24) is 4.90 Å². The lowest BCUT2D eigenvalue weighted by Gasteiger charge is -2.20. The van der Waals surface area contributed by atoms with Crippen molar-refractivity contribution >= 4 is 41.0 Å². The van der Waals surface area contributed by atoms with Gasteiger partial charge in [0.05, 0.1) is 33.0 Å². The number of rotatable bonds is 6. The third kappa shape index (κ3) is 5.00. The predicted octanol–water partition coefficient (Wildman–Crippen LogP) is 4.55. The first-order valence-electron chi connectivity index (χ1n) is 9.79. The van der Waals surface area contributed by atoms with Gasteiger partial charge in [0.15, 0.2) is 6.61 Å². The summed E-state index contributed by atoms with van der Waals surface area (Å²) in [5.41, 5.74) is -1.16. The fourth-order valence-electron chi connectivity index (χ4n) is 3.17. The van der Waals surface area contributed by atoms with Crippen molar-refractivity contribution in [2.75, 3.05) is 11.9 Å². The lowest BCUT2D eigenvalue weighted by molar-refractivity contribution is -0.137. The second kappa shape index (κ2) is 9.22. The Morgan fingerprint density at radius 2 is 1.76 bits per heavy atom. The molecule has 0 aliphatic carbocycles. The molecule has 11 heteroatoms. The number of carbonyl (C=O) groups excluding carboxylic acids is 4.